The van der Waals surface area contributed by atoms with Gasteiger partial charge in [-0.2, -0.15) is 0 Å². The molecule has 1 aliphatic rings. The zero-order chi connectivity index (χ0) is 15.7. The van der Waals surface area contributed by atoms with E-state index in [9.17, 15) is 14.7 Å². The van der Waals surface area contributed by atoms with Gasteiger partial charge in [-0.3, -0.25) is 9.59 Å². The maximum Gasteiger partial charge on any atom is 0.305 e. The van der Waals surface area contributed by atoms with Crippen LogP contribution < -0.4 is 0 Å². The molecule has 0 aromatic heterocycles. The first-order valence-electron chi connectivity index (χ1n) is 7.23. The van der Waals surface area contributed by atoms with E-state index in [0.29, 0.717) is 12.1 Å². The van der Waals surface area contributed by atoms with Crippen molar-refractivity contribution in [3.05, 3.63) is 70.8 Å². The van der Waals surface area contributed by atoms with Crippen molar-refractivity contribution in [1.29, 1.82) is 0 Å². The van der Waals surface area contributed by atoms with Gasteiger partial charge in [0.15, 0.2) is 0 Å². The van der Waals surface area contributed by atoms with Crippen molar-refractivity contribution in [3.8, 4) is 0 Å². The number of rotatable bonds is 4. The molecule has 2 aromatic rings. The van der Waals surface area contributed by atoms with Gasteiger partial charge in [0.2, 0.25) is 0 Å². The minimum absolute atomic E-state index is 0.0941. The van der Waals surface area contributed by atoms with Crippen molar-refractivity contribution < 1.29 is 14.7 Å². The van der Waals surface area contributed by atoms with Gasteiger partial charge < -0.3 is 10.0 Å². The normalized spacial score (nSPS) is 14.8. The van der Waals surface area contributed by atoms with Crippen molar-refractivity contribution in [2.75, 3.05) is 0 Å². The van der Waals surface area contributed by atoms with E-state index in [1.54, 1.807) is 11.0 Å². The van der Waals surface area contributed by atoms with Gasteiger partial charge in [0.1, 0.15) is 0 Å². The van der Waals surface area contributed by atoms with Gasteiger partial charge in [-0.25, -0.2) is 0 Å². The summed E-state index contributed by atoms with van der Waals surface area (Å²) in [6.07, 6.45) is -0.0941. The summed E-state index contributed by atoms with van der Waals surface area (Å²) in [6, 6.07) is 14.7. The van der Waals surface area contributed by atoms with Gasteiger partial charge in [0.05, 0.1) is 12.5 Å². The fourth-order valence-corrected chi connectivity index (χ4v) is 2.98. The van der Waals surface area contributed by atoms with Crippen molar-refractivity contribution in [3.63, 3.8) is 0 Å². The predicted octanol–water partition coefficient (Wildman–Crippen LogP) is 3.17. The molecule has 0 radical (unpaired) electrons. The molecule has 22 heavy (non-hydrogen) atoms. The lowest BCUT2D eigenvalue weighted by molar-refractivity contribution is -0.138. The van der Waals surface area contributed by atoms with Gasteiger partial charge in [-0.1, -0.05) is 48.0 Å². The number of fused-ring (bicyclic) bond motifs is 1. The van der Waals surface area contributed by atoms with Crippen LogP contribution in [0.15, 0.2) is 48.5 Å². The highest BCUT2D eigenvalue weighted by atomic mass is 16.4. The second kappa shape index (κ2) is 5.64. The van der Waals surface area contributed by atoms with E-state index in [-0.39, 0.29) is 12.3 Å². The quantitative estimate of drug-likeness (QED) is 0.942. The molecule has 0 aliphatic carbocycles. The van der Waals surface area contributed by atoms with Crippen LogP contribution in [0.5, 0.6) is 0 Å². The number of hydrogen-bond donors (Lipinski definition) is 1. The molecule has 112 valence electrons. The molecule has 0 saturated heterocycles. The molecular formula is C18H17NO3. The van der Waals surface area contributed by atoms with Gasteiger partial charge in [0, 0.05) is 12.1 Å². The summed E-state index contributed by atoms with van der Waals surface area (Å²) < 4.78 is 0. The third kappa shape index (κ3) is 2.60. The van der Waals surface area contributed by atoms with E-state index in [1.807, 2.05) is 49.4 Å². The Balaban J connectivity index is 1.98. The van der Waals surface area contributed by atoms with Crippen LogP contribution in [0.4, 0.5) is 0 Å². The van der Waals surface area contributed by atoms with Crippen molar-refractivity contribution in [2.24, 2.45) is 0 Å². The molecule has 0 bridgehead atoms. The van der Waals surface area contributed by atoms with Gasteiger partial charge in [-0.05, 0) is 24.1 Å². The average molecular weight is 295 g/mol. The van der Waals surface area contributed by atoms with Crippen LogP contribution in [0.3, 0.4) is 0 Å². The zero-order valence-corrected chi connectivity index (χ0v) is 12.3. The molecule has 1 aliphatic heterocycles. The first-order chi connectivity index (χ1) is 10.6. The third-order valence-corrected chi connectivity index (χ3v) is 4.02. The Bertz CT molecular complexity index is 739. The molecule has 0 unspecified atom stereocenters. The highest BCUT2D eigenvalue weighted by Crippen LogP contribution is 2.33. The number of carboxylic acid groups (broad SMARTS) is 1. The molecule has 4 heteroatoms. The monoisotopic (exact) mass is 295 g/mol. The molecule has 2 aromatic carbocycles. The van der Waals surface area contributed by atoms with Crippen LogP contribution >= 0.6 is 0 Å². The number of carbonyl (C=O) groups excluding carboxylic acids is 1. The van der Waals surface area contributed by atoms with Crippen LogP contribution in [0, 0.1) is 6.92 Å². The van der Waals surface area contributed by atoms with Crippen molar-refractivity contribution in [1.82, 2.24) is 4.90 Å². The number of aliphatic carboxylic acids is 1. The summed E-state index contributed by atoms with van der Waals surface area (Å²) in [5.74, 6) is -1.00. The minimum atomic E-state index is -0.907. The largest absolute Gasteiger partial charge is 0.481 e. The highest BCUT2D eigenvalue weighted by Gasteiger charge is 2.34. The summed E-state index contributed by atoms with van der Waals surface area (Å²) >= 11 is 0. The van der Waals surface area contributed by atoms with E-state index in [2.05, 4.69) is 0 Å². The molecule has 0 saturated carbocycles. The van der Waals surface area contributed by atoms with Gasteiger partial charge in [0.25, 0.3) is 5.91 Å². The second-order valence-corrected chi connectivity index (χ2v) is 5.62. The Kier molecular flexibility index (Phi) is 3.67. The van der Waals surface area contributed by atoms with E-state index in [0.717, 1.165) is 16.7 Å². The number of carboxylic acids is 1. The molecule has 4 nitrogen and oxygen atoms in total. The Hall–Kier alpha value is -2.62. The smallest absolute Gasteiger partial charge is 0.305 e. The molecule has 1 N–H and O–H groups in total. The minimum Gasteiger partial charge on any atom is -0.481 e. The van der Waals surface area contributed by atoms with Gasteiger partial charge in [-0.15, -0.1) is 0 Å². The highest BCUT2D eigenvalue weighted by molar-refractivity contribution is 5.98. The molecule has 1 amide bonds. The Labute approximate surface area is 129 Å². The van der Waals surface area contributed by atoms with Crippen LogP contribution in [0.25, 0.3) is 0 Å². The first-order valence-corrected chi connectivity index (χ1v) is 7.23. The van der Waals surface area contributed by atoms with Gasteiger partial charge >= 0.3 is 5.97 Å². The lowest BCUT2D eigenvalue weighted by Gasteiger charge is -2.27. The summed E-state index contributed by atoms with van der Waals surface area (Å²) in [7, 11) is 0. The Morgan fingerprint density at radius 2 is 2.00 bits per heavy atom. The van der Waals surface area contributed by atoms with Crippen LogP contribution in [-0.4, -0.2) is 21.9 Å². The first kappa shape index (κ1) is 14.3. The summed E-state index contributed by atoms with van der Waals surface area (Å²) in [5, 5.41) is 9.24. The molecular weight excluding hydrogens is 278 g/mol. The summed E-state index contributed by atoms with van der Waals surface area (Å²) in [5.41, 5.74) is 3.54. The van der Waals surface area contributed by atoms with Crippen molar-refractivity contribution >= 4 is 11.9 Å². The van der Waals surface area contributed by atoms with E-state index in [1.165, 1.54) is 0 Å². The van der Waals surface area contributed by atoms with E-state index >= 15 is 0 Å². The predicted molar refractivity (Wildman–Crippen MR) is 82.5 cm³/mol. The molecule has 1 atom stereocenters. The van der Waals surface area contributed by atoms with Crippen LogP contribution in [0.1, 0.15) is 39.5 Å². The fourth-order valence-electron chi connectivity index (χ4n) is 2.98. The van der Waals surface area contributed by atoms with E-state index < -0.39 is 12.0 Å². The number of amides is 1. The average Bonchev–Trinajstić information content (AvgIpc) is 2.82. The topological polar surface area (TPSA) is 57.6 Å². The second-order valence-electron chi connectivity index (χ2n) is 5.62. The standard InChI is InChI=1S/C18H17NO3/c1-12-5-4-7-13(9-12)16(10-17(20)21)19-11-14-6-2-3-8-15(14)18(19)22/h2-9,16H,10-11H2,1H3,(H,20,21)/t16-/m0/s1. The van der Waals surface area contributed by atoms with Crippen LogP contribution in [-0.2, 0) is 11.3 Å². The summed E-state index contributed by atoms with van der Waals surface area (Å²) in [4.78, 5) is 25.5. The number of carbonyl (C=O) groups is 2. The molecule has 3 rings (SSSR count). The lowest BCUT2D eigenvalue weighted by atomic mass is 10.00. The Morgan fingerprint density at radius 3 is 2.68 bits per heavy atom. The van der Waals surface area contributed by atoms with E-state index in [4.69, 9.17) is 0 Å². The number of benzene rings is 2. The van der Waals surface area contributed by atoms with Crippen molar-refractivity contribution in [2.45, 2.75) is 25.9 Å². The number of nitrogens with zero attached hydrogens (tertiary/aromatic N) is 1. The fraction of sp³-hybridized carbons (Fsp3) is 0.222. The molecule has 0 fully saturated rings. The Morgan fingerprint density at radius 1 is 1.23 bits per heavy atom. The zero-order valence-electron chi connectivity index (χ0n) is 12.3. The number of aryl methyl sites for hydroxylation is 1. The van der Waals surface area contributed by atoms with Crippen LogP contribution in [0.2, 0.25) is 0 Å². The maximum absolute atomic E-state index is 12.6. The molecule has 0 spiro atoms. The SMILES string of the molecule is Cc1cccc([C@H](CC(=O)O)N2Cc3ccccc3C2=O)c1. The summed E-state index contributed by atoms with van der Waals surface area (Å²) in [6.45, 7) is 2.42. The maximum atomic E-state index is 12.6. The number of hydrogen-bond acceptors (Lipinski definition) is 2. The third-order valence-electron chi connectivity index (χ3n) is 4.02. The molecule has 1 heterocycles. The lowest BCUT2D eigenvalue weighted by Crippen LogP contribution is -2.30.